The van der Waals surface area contributed by atoms with Crippen molar-refractivity contribution < 1.29 is 18.8 Å². The zero-order chi connectivity index (χ0) is 17.7. The fourth-order valence-corrected chi connectivity index (χ4v) is 2.29. The minimum Gasteiger partial charge on any atom is -0.487 e. The van der Waals surface area contributed by atoms with Crippen molar-refractivity contribution in [2.75, 3.05) is 18.1 Å². The predicted molar refractivity (Wildman–Crippen MR) is 88.0 cm³/mol. The van der Waals surface area contributed by atoms with Crippen LogP contribution in [0.25, 0.3) is 0 Å². The molecule has 0 unspecified atom stereocenters. The van der Waals surface area contributed by atoms with Gasteiger partial charge in [-0.2, -0.15) is 0 Å². The number of halogens is 1. The molecule has 2 aromatic carbocycles. The van der Waals surface area contributed by atoms with Crippen LogP contribution >= 0.6 is 0 Å². The Morgan fingerprint density at radius 3 is 2.42 bits per heavy atom. The van der Waals surface area contributed by atoms with Crippen molar-refractivity contribution in [3.63, 3.8) is 0 Å². The topological polar surface area (TPSA) is 72.7 Å². The number of ether oxygens (including phenoxy) is 1. The summed E-state index contributed by atoms with van der Waals surface area (Å²) in [5.41, 5.74) is 0.412. The average molecular weight is 332 g/mol. The Labute approximate surface area is 138 Å². The summed E-state index contributed by atoms with van der Waals surface area (Å²) >= 11 is 0. The largest absolute Gasteiger partial charge is 0.487 e. The van der Waals surface area contributed by atoms with Crippen LogP contribution in [0, 0.1) is 15.9 Å². The van der Waals surface area contributed by atoms with E-state index >= 15 is 0 Å². The van der Waals surface area contributed by atoms with Crippen LogP contribution in [0.1, 0.15) is 24.2 Å². The highest BCUT2D eigenvalue weighted by atomic mass is 19.1. The molecule has 0 spiro atoms. The molecular weight excluding hydrogens is 315 g/mol. The maximum Gasteiger partial charge on any atom is 0.311 e. The van der Waals surface area contributed by atoms with E-state index in [9.17, 15) is 19.3 Å². The number of nitro groups is 1. The van der Waals surface area contributed by atoms with Crippen molar-refractivity contribution in [1.82, 2.24) is 0 Å². The van der Waals surface area contributed by atoms with Gasteiger partial charge in [-0.25, -0.2) is 4.39 Å². The molecule has 0 saturated carbocycles. The molecule has 0 radical (unpaired) electrons. The first-order valence-electron chi connectivity index (χ1n) is 7.46. The number of nitrogens with zero attached hydrogens (tertiary/aromatic N) is 2. The summed E-state index contributed by atoms with van der Waals surface area (Å²) in [5, 5.41) is 11.2. The number of carbonyl (C=O) groups excluding carboxylic acids is 1. The lowest BCUT2D eigenvalue weighted by Gasteiger charge is -2.21. The Morgan fingerprint density at radius 1 is 1.21 bits per heavy atom. The summed E-state index contributed by atoms with van der Waals surface area (Å²) in [5.74, 6) is -0.696. The van der Waals surface area contributed by atoms with E-state index in [-0.39, 0.29) is 23.6 Å². The number of hydrogen-bond donors (Lipinski definition) is 0. The van der Waals surface area contributed by atoms with Gasteiger partial charge < -0.3 is 9.64 Å². The second-order valence-corrected chi connectivity index (χ2v) is 4.90. The molecule has 2 rings (SSSR count). The van der Waals surface area contributed by atoms with E-state index in [4.69, 9.17) is 4.74 Å². The van der Waals surface area contributed by atoms with Crippen molar-refractivity contribution in [3.05, 3.63) is 64.0 Å². The molecule has 126 valence electrons. The van der Waals surface area contributed by atoms with Crippen LogP contribution in [0.2, 0.25) is 0 Å². The lowest BCUT2D eigenvalue weighted by molar-refractivity contribution is -0.385. The second kappa shape index (κ2) is 7.54. The van der Waals surface area contributed by atoms with Crippen LogP contribution in [-0.2, 0) is 0 Å². The molecular formula is C17H17FN2O4. The highest BCUT2D eigenvalue weighted by molar-refractivity contribution is 6.06. The van der Waals surface area contributed by atoms with Crippen LogP contribution in [-0.4, -0.2) is 24.0 Å². The van der Waals surface area contributed by atoms with E-state index < -0.39 is 16.6 Å². The number of nitro benzene ring substituents is 1. The summed E-state index contributed by atoms with van der Waals surface area (Å²) < 4.78 is 18.3. The minimum absolute atomic E-state index is 0.115. The molecule has 0 heterocycles. The highest BCUT2D eigenvalue weighted by Crippen LogP contribution is 2.29. The Balaban J connectivity index is 2.38. The van der Waals surface area contributed by atoms with Gasteiger partial charge in [0.15, 0.2) is 5.75 Å². The smallest absolute Gasteiger partial charge is 0.311 e. The van der Waals surface area contributed by atoms with Gasteiger partial charge in [0.2, 0.25) is 0 Å². The van der Waals surface area contributed by atoms with Gasteiger partial charge >= 0.3 is 5.69 Å². The van der Waals surface area contributed by atoms with E-state index in [0.29, 0.717) is 12.2 Å². The maximum absolute atomic E-state index is 13.0. The van der Waals surface area contributed by atoms with E-state index in [1.54, 1.807) is 13.8 Å². The average Bonchev–Trinajstić information content (AvgIpc) is 2.57. The fraction of sp³-hybridized carbons (Fsp3) is 0.235. The first kappa shape index (κ1) is 17.4. The zero-order valence-corrected chi connectivity index (χ0v) is 13.4. The van der Waals surface area contributed by atoms with Crippen molar-refractivity contribution >= 4 is 17.3 Å². The number of rotatable bonds is 6. The van der Waals surface area contributed by atoms with Crippen LogP contribution in [0.3, 0.4) is 0 Å². The molecule has 0 aliphatic heterocycles. The number of amides is 1. The van der Waals surface area contributed by atoms with Crippen molar-refractivity contribution in [2.45, 2.75) is 13.8 Å². The highest BCUT2D eigenvalue weighted by Gasteiger charge is 2.22. The number of hydrogen-bond acceptors (Lipinski definition) is 4. The molecule has 0 fully saturated rings. The Kier molecular flexibility index (Phi) is 5.47. The van der Waals surface area contributed by atoms with Crippen molar-refractivity contribution in [1.29, 1.82) is 0 Å². The Hall–Kier alpha value is -2.96. The first-order valence-corrected chi connectivity index (χ1v) is 7.46. The molecule has 0 bridgehead atoms. The van der Waals surface area contributed by atoms with E-state index in [1.807, 2.05) is 0 Å². The molecule has 0 N–H and O–H groups in total. The lowest BCUT2D eigenvalue weighted by Crippen LogP contribution is -2.30. The van der Waals surface area contributed by atoms with Gasteiger partial charge in [0.1, 0.15) is 5.82 Å². The summed E-state index contributed by atoms with van der Waals surface area (Å²) in [6.45, 7) is 4.11. The third-order valence-corrected chi connectivity index (χ3v) is 3.40. The van der Waals surface area contributed by atoms with Crippen LogP contribution in [0.5, 0.6) is 5.75 Å². The summed E-state index contributed by atoms with van der Waals surface area (Å²) in [6.07, 6.45) is 0. The van der Waals surface area contributed by atoms with Crippen LogP contribution in [0.4, 0.5) is 15.8 Å². The van der Waals surface area contributed by atoms with Gasteiger partial charge in [-0.05, 0) is 50.2 Å². The molecule has 0 aromatic heterocycles. The lowest BCUT2D eigenvalue weighted by atomic mass is 10.1. The first-order chi connectivity index (χ1) is 11.5. The number of carbonyl (C=O) groups is 1. The van der Waals surface area contributed by atoms with Gasteiger partial charge in [-0.3, -0.25) is 14.9 Å². The van der Waals surface area contributed by atoms with E-state index in [1.165, 1.54) is 47.4 Å². The molecule has 0 saturated heterocycles. The zero-order valence-electron chi connectivity index (χ0n) is 13.4. The van der Waals surface area contributed by atoms with Gasteiger partial charge in [0, 0.05) is 23.9 Å². The molecule has 0 atom stereocenters. The molecule has 24 heavy (non-hydrogen) atoms. The van der Waals surface area contributed by atoms with Crippen LogP contribution < -0.4 is 9.64 Å². The van der Waals surface area contributed by atoms with Gasteiger partial charge in [-0.1, -0.05) is 0 Å². The summed E-state index contributed by atoms with van der Waals surface area (Å²) in [4.78, 5) is 24.7. The Bertz CT molecular complexity index is 747. The minimum atomic E-state index is -0.587. The van der Waals surface area contributed by atoms with Crippen molar-refractivity contribution in [2.24, 2.45) is 0 Å². The fourth-order valence-electron chi connectivity index (χ4n) is 2.29. The van der Waals surface area contributed by atoms with Crippen molar-refractivity contribution in [3.8, 4) is 5.75 Å². The normalized spacial score (nSPS) is 10.3. The molecule has 7 heteroatoms. The van der Waals surface area contributed by atoms with Crippen LogP contribution in [0.15, 0.2) is 42.5 Å². The van der Waals surface area contributed by atoms with E-state index in [0.717, 1.165) is 0 Å². The second-order valence-electron chi connectivity index (χ2n) is 4.90. The molecule has 6 nitrogen and oxygen atoms in total. The van der Waals surface area contributed by atoms with Gasteiger partial charge in [0.05, 0.1) is 11.5 Å². The van der Waals surface area contributed by atoms with Gasteiger partial charge in [-0.15, -0.1) is 0 Å². The summed E-state index contributed by atoms with van der Waals surface area (Å²) in [7, 11) is 0. The molecule has 2 aromatic rings. The molecule has 1 amide bonds. The van der Waals surface area contributed by atoms with E-state index in [2.05, 4.69) is 0 Å². The number of benzene rings is 2. The standard InChI is InChI=1S/C17H17FN2O4/c1-3-19(14-8-6-13(18)7-9-14)17(21)12-5-10-16(24-4-2)15(11-12)20(22)23/h5-11H,3-4H2,1-2H3. The maximum atomic E-state index is 13.0. The predicted octanol–water partition coefficient (Wildman–Crippen LogP) is 3.80. The third-order valence-electron chi connectivity index (χ3n) is 3.40. The quantitative estimate of drug-likeness (QED) is 0.596. The molecule has 0 aliphatic rings. The Morgan fingerprint density at radius 2 is 1.88 bits per heavy atom. The molecule has 0 aliphatic carbocycles. The third kappa shape index (κ3) is 3.68. The number of anilines is 1. The van der Waals surface area contributed by atoms with Gasteiger partial charge in [0.25, 0.3) is 5.91 Å². The monoisotopic (exact) mass is 332 g/mol. The SMILES string of the molecule is CCOc1ccc(C(=O)N(CC)c2ccc(F)cc2)cc1[N+](=O)[O-]. The summed E-state index contributed by atoms with van der Waals surface area (Å²) in [6, 6.07) is 9.57.